The molecule has 0 saturated heterocycles. The van der Waals surface area contributed by atoms with Crippen LogP contribution in [0.3, 0.4) is 0 Å². The number of benzene rings is 1. The lowest BCUT2D eigenvalue weighted by atomic mass is 10.2. The number of anilines is 1. The number of rotatable bonds is 5. The van der Waals surface area contributed by atoms with Crippen LogP contribution in [0, 0.1) is 0 Å². The van der Waals surface area contributed by atoms with Crippen molar-refractivity contribution in [1.82, 2.24) is 18.7 Å². The van der Waals surface area contributed by atoms with Crippen LogP contribution in [0.2, 0.25) is 0 Å². The number of ether oxygens (including phenoxy) is 1. The van der Waals surface area contributed by atoms with E-state index >= 15 is 0 Å². The smallest absolute Gasteiger partial charge is 0.332 e. The summed E-state index contributed by atoms with van der Waals surface area (Å²) in [5.74, 6) is 1.07. The molecule has 9 nitrogen and oxygen atoms in total. The summed E-state index contributed by atoms with van der Waals surface area (Å²) in [6.45, 7) is 2.47. The summed E-state index contributed by atoms with van der Waals surface area (Å²) in [4.78, 5) is 28.7. The van der Waals surface area contributed by atoms with E-state index in [1.54, 1.807) is 24.9 Å². The van der Waals surface area contributed by atoms with Crippen molar-refractivity contribution in [2.75, 3.05) is 12.0 Å². The van der Waals surface area contributed by atoms with Crippen LogP contribution in [0.1, 0.15) is 12.5 Å². The number of aryl methyl sites for hydroxylation is 2. The summed E-state index contributed by atoms with van der Waals surface area (Å²) in [5.41, 5.74) is 3.41. The number of fused-ring (bicyclic) bond motifs is 1. The van der Waals surface area contributed by atoms with Crippen molar-refractivity contribution in [3.63, 3.8) is 0 Å². The molecule has 0 spiro atoms. The van der Waals surface area contributed by atoms with Crippen LogP contribution in [-0.4, -0.2) is 31.5 Å². The van der Waals surface area contributed by atoms with Gasteiger partial charge >= 0.3 is 5.69 Å². The highest BCUT2D eigenvalue weighted by Crippen LogP contribution is 2.16. The number of hydrazone groups is 1. The molecule has 2 aromatic heterocycles. The van der Waals surface area contributed by atoms with Crippen LogP contribution in [0.25, 0.3) is 11.2 Å². The Kier molecular flexibility index (Phi) is 4.61. The minimum atomic E-state index is -0.429. The molecule has 0 atom stereocenters. The van der Waals surface area contributed by atoms with Gasteiger partial charge in [-0.15, -0.1) is 0 Å². The average molecular weight is 356 g/mol. The fraction of sp³-hybridized carbons (Fsp3) is 0.294. The van der Waals surface area contributed by atoms with E-state index in [9.17, 15) is 9.59 Å². The van der Waals surface area contributed by atoms with Crippen molar-refractivity contribution in [3.05, 3.63) is 50.7 Å². The number of imidazole rings is 1. The Bertz CT molecular complexity index is 1110. The molecule has 0 amide bonds. The maximum absolute atomic E-state index is 12.4. The lowest BCUT2D eigenvalue weighted by molar-refractivity contribution is 0.340. The molecule has 0 radical (unpaired) electrons. The first-order valence-electron chi connectivity index (χ1n) is 8.09. The monoisotopic (exact) mass is 356 g/mol. The molecule has 26 heavy (non-hydrogen) atoms. The Hall–Kier alpha value is -3.36. The van der Waals surface area contributed by atoms with Gasteiger partial charge in [-0.05, 0) is 19.1 Å². The van der Waals surface area contributed by atoms with Gasteiger partial charge in [0.05, 0.1) is 12.8 Å². The number of aromatic nitrogens is 4. The van der Waals surface area contributed by atoms with Gasteiger partial charge in [-0.3, -0.25) is 13.9 Å². The second-order valence-corrected chi connectivity index (χ2v) is 5.71. The molecular weight excluding hydrogens is 336 g/mol. The zero-order chi connectivity index (χ0) is 18.8. The fourth-order valence-electron chi connectivity index (χ4n) is 2.65. The van der Waals surface area contributed by atoms with E-state index in [1.165, 1.54) is 11.6 Å². The average Bonchev–Trinajstić information content (AvgIpc) is 2.97. The van der Waals surface area contributed by atoms with Crippen molar-refractivity contribution in [2.45, 2.75) is 6.92 Å². The van der Waals surface area contributed by atoms with Crippen molar-refractivity contribution in [3.8, 4) is 5.75 Å². The van der Waals surface area contributed by atoms with E-state index in [4.69, 9.17) is 4.74 Å². The molecule has 0 bridgehead atoms. The Balaban J connectivity index is 1.97. The van der Waals surface area contributed by atoms with Gasteiger partial charge in [-0.1, -0.05) is 12.1 Å². The van der Waals surface area contributed by atoms with Crippen LogP contribution in [0.4, 0.5) is 5.95 Å². The first kappa shape index (κ1) is 17.5. The largest absolute Gasteiger partial charge is 0.493 e. The van der Waals surface area contributed by atoms with Crippen molar-refractivity contribution >= 4 is 23.3 Å². The molecule has 1 N–H and O–H groups in total. The van der Waals surface area contributed by atoms with Gasteiger partial charge in [0.1, 0.15) is 5.75 Å². The maximum atomic E-state index is 12.4. The van der Waals surface area contributed by atoms with E-state index in [2.05, 4.69) is 15.5 Å². The molecule has 0 saturated carbocycles. The Morgan fingerprint density at radius 1 is 1.15 bits per heavy atom. The third kappa shape index (κ3) is 2.87. The van der Waals surface area contributed by atoms with Crippen LogP contribution in [-0.2, 0) is 21.1 Å². The fourth-order valence-corrected chi connectivity index (χ4v) is 2.65. The molecule has 2 heterocycles. The van der Waals surface area contributed by atoms with Crippen LogP contribution >= 0.6 is 0 Å². The highest BCUT2D eigenvalue weighted by molar-refractivity contribution is 5.84. The molecule has 1 aromatic carbocycles. The lowest BCUT2D eigenvalue weighted by Gasteiger charge is -2.06. The third-order valence-corrected chi connectivity index (χ3v) is 4.06. The van der Waals surface area contributed by atoms with Gasteiger partial charge < -0.3 is 9.30 Å². The minimum Gasteiger partial charge on any atom is -0.493 e. The normalized spacial score (nSPS) is 11.4. The van der Waals surface area contributed by atoms with Crippen LogP contribution < -0.4 is 21.4 Å². The summed E-state index contributed by atoms with van der Waals surface area (Å²) < 4.78 is 9.50. The molecule has 3 aromatic rings. The highest BCUT2D eigenvalue weighted by Gasteiger charge is 2.16. The van der Waals surface area contributed by atoms with Gasteiger partial charge in [0.2, 0.25) is 5.95 Å². The van der Waals surface area contributed by atoms with Crippen molar-refractivity contribution in [1.29, 1.82) is 0 Å². The maximum Gasteiger partial charge on any atom is 0.332 e. The molecule has 0 aliphatic rings. The molecule has 0 aliphatic carbocycles. The van der Waals surface area contributed by atoms with Crippen molar-refractivity contribution < 1.29 is 4.74 Å². The molecular formula is C17H20N6O3. The number of nitrogens with zero attached hydrogens (tertiary/aromatic N) is 5. The first-order chi connectivity index (χ1) is 12.5. The zero-order valence-electron chi connectivity index (χ0n) is 15.1. The van der Waals surface area contributed by atoms with Gasteiger partial charge in [0.25, 0.3) is 5.56 Å². The topological polar surface area (TPSA) is 95.4 Å². The van der Waals surface area contributed by atoms with E-state index in [-0.39, 0.29) is 0 Å². The summed E-state index contributed by atoms with van der Waals surface area (Å²) in [7, 11) is 4.70. The summed E-state index contributed by atoms with van der Waals surface area (Å²) in [6, 6.07) is 7.51. The number of nitrogens with one attached hydrogen (secondary N) is 1. The predicted octanol–water partition coefficient (Wildman–Crippen LogP) is 0.815. The summed E-state index contributed by atoms with van der Waals surface area (Å²) in [6.07, 6.45) is 1.61. The predicted molar refractivity (Wildman–Crippen MR) is 100 cm³/mol. The van der Waals surface area contributed by atoms with Crippen LogP contribution in [0.5, 0.6) is 5.75 Å². The second kappa shape index (κ2) is 6.87. The summed E-state index contributed by atoms with van der Waals surface area (Å²) >= 11 is 0. The number of hydrogen-bond acceptors (Lipinski definition) is 6. The van der Waals surface area contributed by atoms with Gasteiger partial charge in [-0.25, -0.2) is 10.2 Å². The number of para-hydroxylation sites is 1. The lowest BCUT2D eigenvalue weighted by Crippen LogP contribution is -2.37. The standard InChI is InChI=1S/C17H20N6O3/c1-5-26-12-9-7-6-8-11(12)10-18-20-16-19-14-13(21(16)2)15(24)23(4)17(25)22(14)3/h6-10H,5H2,1-4H3,(H,19,20)/b18-10+. The highest BCUT2D eigenvalue weighted by atomic mass is 16.5. The summed E-state index contributed by atoms with van der Waals surface area (Å²) in [5, 5.41) is 4.18. The van der Waals surface area contributed by atoms with Crippen LogP contribution in [0.15, 0.2) is 39.0 Å². The SMILES string of the molecule is CCOc1ccccc1/C=N/Nc1nc2c(c(=O)n(C)c(=O)n2C)n1C. The Morgan fingerprint density at radius 2 is 1.88 bits per heavy atom. The molecule has 3 rings (SSSR count). The Labute approximate surface area is 149 Å². The molecule has 0 aliphatic heterocycles. The van der Waals surface area contributed by atoms with Gasteiger partial charge in [0.15, 0.2) is 11.2 Å². The van der Waals surface area contributed by atoms with E-state index in [1.807, 2.05) is 31.2 Å². The molecule has 136 valence electrons. The minimum absolute atomic E-state index is 0.299. The van der Waals surface area contributed by atoms with Gasteiger partial charge in [-0.2, -0.15) is 10.1 Å². The quantitative estimate of drug-likeness (QED) is 0.539. The van der Waals surface area contributed by atoms with E-state index < -0.39 is 11.2 Å². The third-order valence-electron chi connectivity index (χ3n) is 4.06. The van der Waals surface area contributed by atoms with Gasteiger partial charge in [0, 0.05) is 26.7 Å². The molecule has 0 fully saturated rings. The second-order valence-electron chi connectivity index (χ2n) is 5.71. The van der Waals surface area contributed by atoms with E-state index in [0.29, 0.717) is 23.7 Å². The molecule has 9 heteroatoms. The Morgan fingerprint density at radius 3 is 2.62 bits per heavy atom. The zero-order valence-corrected chi connectivity index (χ0v) is 15.1. The molecule has 0 unspecified atom stereocenters. The van der Waals surface area contributed by atoms with Crippen molar-refractivity contribution in [2.24, 2.45) is 26.2 Å². The van der Waals surface area contributed by atoms with E-state index in [0.717, 1.165) is 15.9 Å². The number of hydrogen-bond donors (Lipinski definition) is 1. The first-order valence-corrected chi connectivity index (χ1v) is 8.09.